The number of thioether (sulfide) groups is 1. The normalized spacial score (nSPS) is 19.2. The highest BCUT2D eigenvalue weighted by Crippen LogP contribution is 2.40. The van der Waals surface area contributed by atoms with E-state index < -0.39 is 11.9 Å². The number of rotatable bonds is 4. The van der Waals surface area contributed by atoms with Crippen molar-refractivity contribution < 1.29 is 23.5 Å². The highest BCUT2D eigenvalue weighted by Gasteiger charge is 2.37. The van der Waals surface area contributed by atoms with E-state index in [-0.39, 0.29) is 10.9 Å². The third-order valence-corrected chi connectivity index (χ3v) is 6.35. The number of carbonyl (C=O) groups is 2. The molecule has 5 rings (SSSR count). The van der Waals surface area contributed by atoms with Crippen LogP contribution in [0.25, 0.3) is 11.0 Å². The second-order valence-electron chi connectivity index (χ2n) is 7.37. The van der Waals surface area contributed by atoms with Crippen molar-refractivity contribution in [1.82, 2.24) is 5.01 Å². The molecule has 0 saturated carbocycles. The van der Waals surface area contributed by atoms with Crippen LogP contribution < -0.4 is 4.74 Å². The van der Waals surface area contributed by atoms with E-state index in [2.05, 4.69) is 9.73 Å². The molecule has 2 aliphatic rings. The van der Waals surface area contributed by atoms with Crippen LogP contribution in [-0.2, 0) is 14.3 Å². The molecule has 1 unspecified atom stereocenters. The molecule has 166 valence electrons. The number of hydrogen-bond acceptors (Lipinski definition) is 8. The fourth-order valence-electron chi connectivity index (χ4n) is 3.71. The van der Waals surface area contributed by atoms with Gasteiger partial charge in [0, 0.05) is 17.9 Å². The van der Waals surface area contributed by atoms with E-state index >= 15 is 0 Å². The molecule has 9 heteroatoms. The van der Waals surface area contributed by atoms with Crippen LogP contribution in [0.4, 0.5) is 0 Å². The molecule has 2 aliphatic heterocycles. The summed E-state index contributed by atoms with van der Waals surface area (Å²) in [6, 6.07) is 17.2. The number of amidine groups is 1. The Kier molecular flexibility index (Phi) is 5.47. The van der Waals surface area contributed by atoms with Gasteiger partial charge in [0.05, 0.1) is 25.2 Å². The first-order valence-corrected chi connectivity index (χ1v) is 11.0. The lowest BCUT2D eigenvalue weighted by Gasteiger charge is -2.22. The summed E-state index contributed by atoms with van der Waals surface area (Å²) in [6.07, 6.45) is 1.70. The van der Waals surface area contributed by atoms with Crippen molar-refractivity contribution in [1.29, 1.82) is 0 Å². The number of carbonyl (C=O) groups excluding carboxylic acids is 2. The number of esters is 1. The predicted octanol–water partition coefficient (Wildman–Crippen LogP) is 4.28. The van der Waals surface area contributed by atoms with E-state index in [1.54, 1.807) is 12.1 Å². The van der Waals surface area contributed by atoms with Crippen molar-refractivity contribution in [2.45, 2.75) is 12.5 Å². The van der Waals surface area contributed by atoms with Crippen molar-refractivity contribution in [3.63, 3.8) is 0 Å². The van der Waals surface area contributed by atoms with E-state index in [4.69, 9.17) is 14.3 Å². The van der Waals surface area contributed by atoms with Crippen molar-refractivity contribution >= 4 is 45.5 Å². The van der Waals surface area contributed by atoms with Crippen molar-refractivity contribution in [2.24, 2.45) is 10.1 Å². The van der Waals surface area contributed by atoms with E-state index in [0.717, 1.165) is 45.8 Å². The molecule has 0 bridgehead atoms. The summed E-state index contributed by atoms with van der Waals surface area (Å²) in [5.41, 5.74) is 2.50. The van der Waals surface area contributed by atoms with Crippen molar-refractivity contribution in [3.8, 4) is 5.75 Å². The molecule has 0 saturated heterocycles. The smallest absolute Gasteiger partial charge is 0.331 e. The molecule has 0 aliphatic carbocycles. The van der Waals surface area contributed by atoms with Gasteiger partial charge in [-0.2, -0.15) is 10.1 Å². The summed E-state index contributed by atoms with van der Waals surface area (Å²) < 4.78 is 15.9. The molecule has 0 radical (unpaired) electrons. The maximum Gasteiger partial charge on any atom is 0.331 e. The van der Waals surface area contributed by atoms with Gasteiger partial charge in [0.15, 0.2) is 10.9 Å². The summed E-state index contributed by atoms with van der Waals surface area (Å²) in [4.78, 5) is 28.4. The number of benzene rings is 2. The number of para-hydroxylation sites is 1. The zero-order chi connectivity index (χ0) is 22.9. The molecule has 8 nitrogen and oxygen atoms in total. The molecule has 1 aromatic heterocycles. The minimum atomic E-state index is -0.609. The van der Waals surface area contributed by atoms with Crippen molar-refractivity contribution in [2.75, 3.05) is 14.2 Å². The summed E-state index contributed by atoms with van der Waals surface area (Å²) in [7, 11) is 2.87. The highest BCUT2D eigenvalue weighted by atomic mass is 32.2. The SMILES string of the molecule is COC(=O)/C=C1/SC(N2N=C(c3cc4ccccc4o3)CC2c2ccc(OC)cc2)=NC1=O. The van der Waals surface area contributed by atoms with E-state index in [0.29, 0.717) is 17.3 Å². The minimum absolute atomic E-state index is 0.192. The zero-order valence-corrected chi connectivity index (χ0v) is 18.7. The molecule has 3 heterocycles. The monoisotopic (exact) mass is 461 g/mol. The van der Waals surface area contributed by atoms with E-state index in [1.165, 1.54) is 7.11 Å². The van der Waals surface area contributed by atoms with Crippen LogP contribution in [0, 0.1) is 0 Å². The second-order valence-corrected chi connectivity index (χ2v) is 8.38. The van der Waals surface area contributed by atoms with Crippen LogP contribution in [-0.4, -0.2) is 42.0 Å². The van der Waals surface area contributed by atoms with Gasteiger partial charge in [0.2, 0.25) is 0 Å². The Morgan fingerprint density at radius 1 is 1.18 bits per heavy atom. The van der Waals surface area contributed by atoms with Crippen LogP contribution in [0.15, 0.2) is 80.1 Å². The van der Waals surface area contributed by atoms with Gasteiger partial charge in [0.25, 0.3) is 5.91 Å². The third kappa shape index (κ3) is 4.03. The number of fused-ring (bicyclic) bond motifs is 1. The standard InChI is InChI=1S/C24H19N3O5S/c1-30-16-9-7-14(8-10-16)18-12-17(20-11-15-5-3-4-6-19(15)32-20)26-27(18)24-25-23(29)21(33-24)13-22(28)31-2/h3-11,13,18H,12H2,1-2H3/b21-13+. The zero-order valence-electron chi connectivity index (χ0n) is 17.8. The van der Waals surface area contributed by atoms with Crippen molar-refractivity contribution in [3.05, 3.63) is 76.9 Å². The lowest BCUT2D eigenvalue weighted by Crippen LogP contribution is -2.23. The molecule has 1 atom stereocenters. The topological polar surface area (TPSA) is 93.7 Å². The number of amides is 1. The van der Waals surface area contributed by atoms with Gasteiger partial charge in [-0.1, -0.05) is 30.3 Å². The Labute approximate surface area is 193 Å². The predicted molar refractivity (Wildman–Crippen MR) is 125 cm³/mol. The average Bonchev–Trinajstić information content (AvgIpc) is 3.55. The lowest BCUT2D eigenvalue weighted by atomic mass is 10.0. The average molecular weight is 461 g/mol. The van der Waals surface area contributed by atoms with Crippen LogP contribution >= 0.6 is 11.8 Å². The summed E-state index contributed by atoms with van der Waals surface area (Å²) in [5.74, 6) is 0.299. The maximum absolute atomic E-state index is 12.4. The van der Waals surface area contributed by atoms with Crippen LogP contribution in [0.5, 0.6) is 5.75 Å². The fraction of sp³-hybridized carbons (Fsp3) is 0.167. The molecule has 0 N–H and O–H groups in total. The van der Waals surface area contributed by atoms with E-state index in [1.807, 2.05) is 54.6 Å². The Balaban J connectivity index is 1.51. The van der Waals surface area contributed by atoms with Gasteiger partial charge in [-0.15, -0.1) is 0 Å². The van der Waals surface area contributed by atoms with Crippen LogP contribution in [0.1, 0.15) is 23.8 Å². The number of furan rings is 1. The maximum atomic E-state index is 12.4. The summed E-state index contributed by atoms with van der Waals surface area (Å²) in [6.45, 7) is 0. The Morgan fingerprint density at radius 3 is 2.70 bits per heavy atom. The van der Waals surface area contributed by atoms with Crippen LogP contribution in [0.2, 0.25) is 0 Å². The summed E-state index contributed by atoms with van der Waals surface area (Å²) >= 11 is 1.09. The van der Waals surface area contributed by atoms with Gasteiger partial charge >= 0.3 is 5.97 Å². The molecule has 33 heavy (non-hydrogen) atoms. The van der Waals surface area contributed by atoms with Crippen LogP contribution in [0.3, 0.4) is 0 Å². The number of nitrogens with zero attached hydrogens (tertiary/aromatic N) is 3. The quantitative estimate of drug-likeness (QED) is 0.423. The second kappa shape index (κ2) is 8.59. The summed E-state index contributed by atoms with van der Waals surface area (Å²) in [5, 5.41) is 7.87. The molecular formula is C24H19N3O5S. The highest BCUT2D eigenvalue weighted by molar-refractivity contribution is 8.18. The minimum Gasteiger partial charge on any atom is -0.497 e. The Bertz CT molecular complexity index is 1310. The Morgan fingerprint density at radius 2 is 1.97 bits per heavy atom. The van der Waals surface area contributed by atoms with Gasteiger partial charge in [-0.25, -0.2) is 9.80 Å². The molecule has 0 fully saturated rings. The van der Waals surface area contributed by atoms with E-state index in [9.17, 15) is 9.59 Å². The molecule has 1 amide bonds. The Hall–Kier alpha value is -3.85. The van der Waals surface area contributed by atoms with Gasteiger partial charge in [-0.05, 0) is 41.6 Å². The first-order valence-electron chi connectivity index (χ1n) is 10.2. The molecule has 3 aromatic rings. The van der Waals surface area contributed by atoms with Gasteiger partial charge in [0.1, 0.15) is 17.0 Å². The molecule has 0 spiro atoms. The molecule has 2 aromatic carbocycles. The number of aliphatic imine (C=N–C) groups is 1. The number of ether oxygens (including phenoxy) is 2. The molecular weight excluding hydrogens is 442 g/mol. The van der Waals surface area contributed by atoms with Gasteiger partial charge in [-0.3, -0.25) is 4.79 Å². The number of hydrogen-bond donors (Lipinski definition) is 0. The first kappa shape index (κ1) is 21.0. The fourth-order valence-corrected chi connectivity index (χ4v) is 4.58. The van der Waals surface area contributed by atoms with Gasteiger partial charge < -0.3 is 13.9 Å². The first-order chi connectivity index (χ1) is 16.1. The number of methoxy groups -OCH3 is 2. The lowest BCUT2D eigenvalue weighted by molar-refractivity contribution is -0.135. The largest absolute Gasteiger partial charge is 0.497 e. The third-order valence-electron chi connectivity index (χ3n) is 5.38. The number of hydrazone groups is 1.